The van der Waals surface area contributed by atoms with E-state index in [0.717, 1.165) is 0 Å². The van der Waals surface area contributed by atoms with Crippen LogP contribution in [0.3, 0.4) is 0 Å². The third kappa shape index (κ3) is 3.09. The largest absolute Gasteiger partial charge is 0.353 e. The molecular formula is C13H22N4O3. The topological polar surface area (TPSA) is 81.8 Å². The van der Waals surface area contributed by atoms with Gasteiger partial charge in [0.15, 0.2) is 0 Å². The molecule has 20 heavy (non-hydrogen) atoms. The zero-order valence-electron chi connectivity index (χ0n) is 12.0. The van der Waals surface area contributed by atoms with Crippen LogP contribution in [0.4, 0.5) is 0 Å². The number of hydrogen-bond donors (Lipinski definition) is 2. The Bertz CT molecular complexity index is 410. The van der Waals surface area contributed by atoms with Crippen molar-refractivity contribution in [3.8, 4) is 0 Å². The molecule has 1 unspecified atom stereocenters. The highest BCUT2D eigenvalue weighted by atomic mass is 16.2. The number of rotatable bonds is 3. The molecule has 0 aromatic rings. The van der Waals surface area contributed by atoms with Crippen LogP contribution >= 0.6 is 0 Å². The van der Waals surface area contributed by atoms with E-state index in [1.807, 2.05) is 13.8 Å². The van der Waals surface area contributed by atoms with Gasteiger partial charge in [-0.1, -0.05) is 13.8 Å². The van der Waals surface area contributed by atoms with Crippen molar-refractivity contribution in [3.05, 3.63) is 0 Å². The number of nitrogens with one attached hydrogen (secondary N) is 2. The maximum atomic E-state index is 12.4. The van der Waals surface area contributed by atoms with Gasteiger partial charge in [0.05, 0.1) is 13.1 Å². The van der Waals surface area contributed by atoms with E-state index in [9.17, 15) is 14.4 Å². The highest BCUT2D eigenvalue weighted by molar-refractivity contribution is 5.91. The maximum absolute atomic E-state index is 12.4. The van der Waals surface area contributed by atoms with Gasteiger partial charge in [0.25, 0.3) is 0 Å². The van der Waals surface area contributed by atoms with E-state index in [2.05, 4.69) is 10.6 Å². The van der Waals surface area contributed by atoms with E-state index in [1.54, 1.807) is 9.80 Å². The van der Waals surface area contributed by atoms with E-state index in [4.69, 9.17) is 0 Å². The van der Waals surface area contributed by atoms with Gasteiger partial charge in [-0.25, -0.2) is 0 Å². The molecule has 0 aliphatic carbocycles. The van der Waals surface area contributed by atoms with Gasteiger partial charge in [0.2, 0.25) is 17.7 Å². The van der Waals surface area contributed by atoms with Crippen molar-refractivity contribution in [2.24, 2.45) is 5.92 Å². The van der Waals surface area contributed by atoms with E-state index >= 15 is 0 Å². The molecule has 2 aliphatic heterocycles. The van der Waals surface area contributed by atoms with Crippen LogP contribution in [0.2, 0.25) is 0 Å². The van der Waals surface area contributed by atoms with Gasteiger partial charge in [0, 0.05) is 26.2 Å². The summed E-state index contributed by atoms with van der Waals surface area (Å²) >= 11 is 0. The Morgan fingerprint density at radius 3 is 2.70 bits per heavy atom. The van der Waals surface area contributed by atoms with Crippen molar-refractivity contribution >= 4 is 17.7 Å². The average Bonchev–Trinajstić information content (AvgIpc) is 2.40. The highest BCUT2D eigenvalue weighted by Gasteiger charge is 2.36. The van der Waals surface area contributed by atoms with E-state index in [1.165, 1.54) is 0 Å². The molecule has 2 fully saturated rings. The first-order valence-corrected chi connectivity index (χ1v) is 7.06. The fraction of sp³-hybridized carbons (Fsp3) is 0.769. The van der Waals surface area contributed by atoms with Gasteiger partial charge >= 0.3 is 0 Å². The van der Waals surface area contributed by atoms with Crippen LogP contribution in [0.1, 0.15) is 13.8 Å². The average molecular weight is 282 g/mol. The van der Waals surface area contributed by atoms with Gasteiger partial charge in [-0.2, -0.15) is 0 Å². The predicted octanol–water partition coefficient (Wildman–Crippen LogP) is -1.60. The van der Waals surface area contributed by atoms with Crippen molar-refractivity contribution in [2.75, 3.05) is 39.3 Å². The van der Waals surface area contributed by atoms with Crippen LogP contribution in [0, 0.1) is 5.92 Å². The molecule has 2 heterocycles. The number of nitrogens with zero attached hydrogens (tertiary/aromatic N) is 2. The summed E-state index contributed by atoms with van der Waals surface area (Å²) in [6.07, 6.45) is 0. The van der Waals surface area contributed by atoms with Crippen molar-refractivity contribution in [2.45, 2.75) is 19.9 Å². The summed E-state index contributed by atoms with van der Waals surface area (Å²) < 4.78 is 0. The zero-order valence-corrected chi connectivity index (χ0v) is 12.0. The number of hydrogen-bond acceptors (Lipinski definition) is 4. The lowest BCUT2D eigenvalue weighted by Crippen LogP contribution is -2.61. The molecule has 2 aliphatic rings. The first kappa shape index (κ1) is 14.8. The molecular weight excluding hydrogens is 260 g/mol. The number of carbonyl (C=O) groups excluding carboxylic acids is 3. The molecule has 3 amide bonds. The Labute approximate surface area is 118 Å². The fourth-order valence-corrected chi connectivity index (χ4v) is 2.69. The van der Waals surface area contributed by atoms with Gasteiger partial charge in [-0.05, 0) is 5.92 Å². The molecule has 2 saturated heterocycles. The second-order valence-corrected chi connectivity index (χ2v) is 5.56. The van der Waals surface area contributed by atoms with Crippen molar-refractivity contribution in [3.63, 3.8) is 0 Å². The quantitative estimate of drug-likeness (QED) is 0.653. The molecule has 7 nitrogen and oxygen atoms in total. The Balaban J connectivity index is 2.02. The fourth-order valence-electron chi connectivity index (χ4n) is 2.69. The predicted molar refractivity (Wildman–Crippen MR) is 72.8 cm³/mol. The SMILES string of the molecule is CC(C)C1C(=O)NCCN1C(=O)CN1CCNCC1=O. The molecule has 2 N–H and O–H groups in total. The summed E-state index contributed by atoms with van der Waals surface area (Å²) in [5.74, 6) is -0.259. The number of amides is 3. The Kier molecular flexibility index (Phi) is 4.59. The van der Waals surface area contributed by atoms with Crippen LogP contribution in [-0.4, -0.2) is 72.8 Å². The van der Waals surface area contributed by atoms with Crippen LogP contribution in [0.15, 0.2) is 0 Å². The molecule has 1 atom stereocenters. The van der Waals surface area contributed by atoms with E-state index in [-0.39, 0.29) is 36.7 Å². The lowest BCUT2D eigenvalue weighted by Gasteiger charge is -2.38. The summed E-state index contributed by atoms with van der Waals surface area (Å²) in [4.78, 5) is 39.2. The standard InChI is InChI=1S/C13H22N4O3/c1-9(2)12-13(20)15-4-6-17(12)11(19)8-16-5-3-14-7-10(16)18/h9,12,14H,3-8H2,1-2H3,(H,15,20). The molecule has 112 valence electrons. The Hall–Kier alpha value is -1.63. The molecule has 7 heteroatoms. The third-order valence-electron chi connectivity index (χ3n) is 3.72. The molecule has 0 bridgehead atoms. The lowest BCUT2D eigenvalue weighted by atomic mass is 9.99. The summed E-state index contributed by atoms with van der Waals surface area (Å²) in [5.41, 5.74) is 0. The van der Waals surface area contributed by atoms with Crippen LogP contribution in [-0.2, 0) is 14.4 Å². The monoisotopic (exact) mass is 282 g/mol. The van der Waals surface area contributed by atoms with E-state index in [0.29, 0.717) is 26.2 Å². The van der Waals surface area contributed by atoms with Crippen molar-refractivity contribution in [1.29, 1.82) is 0 Å². The van der Waals surface area contributed by atoms with Gasteiger partial charge in [0.1, 0.15) is 6.04 Å². The number of carbonyl (C=O) groups is 3. The minimum atomic E-state index is -0.436. The third-order valence-corrected chi connectivity index (χ3v) is 3.72. The highest BCUT2D eigenvalue weighted by Crippen LogP contribution is 2.14. The second-order valence-electron chi connectivity index (χ2n) is 5.56. The lowest BCUT2D eigenvalue weighted by molar-refractivity contribution is -0.148. The molecule has 0 spiro atoms. The van der Waals surface area contributed by atoms with Crippen LogP contribution < -0.4 is 10.6 Å². The molecule has 0 saturated carbocycles. The smallest absolute Gasteiger partial charge is 0.243 e. The Morgan fingerprint density at radius 2 is 2.05 bits per heavy atom. The van der Waals surface area contributed by atoms with E-state index < -0.39 is 6.04 Å². The maximum Gasteiger partial charge on any atom is 0.243 e. The second kappa shape index (κ2) is 6.21. The number of piperazine rings is 2. The van der Waals surface area contributed by atoms with Gasteiger partial charge < -0.3 is 20.4 Å². The first-order chi connectivity index (χ1) is 9.50. The zero-order chi connectivity index (χ0) is 14.7. The van der Waals surface area contributed by atoms with Gasteiger partial charge in [-0.3, -0.25) is 14.4 Å². The summed E-state index contributed by atoms with van der Waals surface area (Å²) in [6, 6.07) is -0.436. The molecule has 0 aromatic carbocycles. The van der Waals surface area contributed by atoms with Crippen molar-refractivity contribution < 1.29 is 14.4 Å². The van der Waals surface area contributed by atoms with Crippen molar-refractivity contribution in [1.82, 2.24) is 20.4 Å². The molecule has 0 radical (unpaired) electrons. The summed E-state index contributed by atoms with van der Waals surface area (Å²) in [5, 5.41) is 5.76. The summed E-state index contributed by atoms with van der Waals surface area (Å²) in [6.45, 7) is 6.41. The van der Waals surface area contributed by atoms with Gasteiger partial charge in [-0.15, -0.1) is 0 Å². The molecule has 0 aromatic heterocycles. The first-order valence-electron chi connectivity index (χ1n) is 7.06. The minimum absolute atomic E-state index is 0.0537. The van der Waals surface area contributed by atoms with Crippen LogP contribution in [0.5, 0.6) is 0 Å². The van der Waals surface area contributed by atoms with Crippen LogP contribution in [0.25, 0.3) is 0 Å². The minimum Gasteiger partial charge on any atom is -0.353 e. The Morgan fingerprint density at radius 1 is 1.30 bits per heavy atom. The normalized spacial score (nSPS) is 24.1. The summed E-state index contributed by atoms with van der Waals surface area (Å²) in [7, 11) is 0. The molecule has 2 rings (SSSR count).